The number of benzene rings is 2. The summed E-state index contributed by atoms with van der Waals surface area (Å²) in [6, 6.07) is 18.0. The fourth-order valence-electron chi connectivity index (χ4n) is 2.30. The lowest BCUT2D eigenvalue weighted by molar-refractivity contribution is 0.892. The summed E-state index contributed by atoms with van der Waals surface area (Å²) in [6.07, 6.45) is 0.669. The van der Waals surface area contributed by atoms with Crippen LogP contribution in [0.5, 0.6) is 0 Å². The summed E-state index contributed by atoms with van der Waals surface area (Å²) in [5.41, 5.74) is 8.93. The normalized spacial score (nSPS) is 10.7. The van der Waals surface area contributed by atoms with Gasteiger partial charge in [0, 0.05) is 17.8 Å². The van der Waals surface area contributed by atoms with Gasteiger partial charge in [0.2, 0.25) is 0 Å². The molecule has 2 aromatic carbocycles. The number of anilines is 1. The van der Waals surface area contributed by atoms with Crippen LogP contribution in [0.25, 0.3) is 5.69 Å². The molecule has 0 aliphatic heterocycles. The Morgan fingerprint density at radius 1 is 0.950 bits per heavy atom. The highest BCUT2D eigenvalue weighted by Gasteiger charge is 2.12. The molecule has 1 aromatic heterocycles. The number of aryl methyl sites for hydroxylation is 1. The van der Waals surface area contributed by atoms with Gasteiger partial charge < -0.3 is 5.73 Å². The highest BCUT2D eigenvalue weighted by molar-refractivity contribution is 5.48. The van der Waals surface area contributed by atoms with E-state index in [2.05, 4.69) is 14.8 Å². The van der Waals surface area contributed by atoms with Gasteiger partial charge in [0.05, 0.1) is 0 Å². The molecule has 100 valence electrons. The van der Waals surface area contributed by atoms with Crippen molar-refractivity contribution in [3.8, 4) is 5.69 Å². The van der Waals surface area contributed by atoms with Crippen LogP contribution in [0.1, 0.15) is 17.2 Å². The number of aromatic nitrogens is 3. The van der Waals surface area contributed by atoms with E-state index in [4.69, 9.17) is 5.73 Å². The van der Waals surface area contributed by atoms with Crippen molar-refractivity contribution in [2.75, 3.05) is 5.73 Å². The van der Waals surface area contributed by atoms with Gasteiger partial charge in [0.25, 0.3) is 0 Å². The molecule has 20 heavy (non-hydrogen) atoms. The Bertz CT molecular complexity index is 716. The highest BCUT2D eigenvalue weighted by atomic mass is 15.3. The number of nitrogen functional groups attached to an aromatic ring is 1. The molecule has 0 fully saturated rings. The quantitative estimate of drug-likeness (QED) is 0.740. The molecule has 0 aliphatic rings. The van der Waals surface area contributed by atoms with E-state index in [0.717, 1.165) is 28.6 Å². The van der Waals surface area contributed by atoms with Crippen molar-refractivity contribution in [1.29, 1.82) is 0 Å². The minimum atomic E-state index is 0.669. The lowest BCUT2D eigenvalue weighted by Gasteiger charge is -2.09. The molecule has 0 radical (unpaired) electrons. The Kier molecular flexibility index (Phi) is 3.21. The maximum Gasteiger partial charge on any atom is 0.142 e. The molecule has 3 rings (SSSR count). The molecule has 0 aliphatic carbocycles. The third-order valence-corrected chi connectivity index (χ3v) is 3.31. The van der Waals surface area contributed by atoms with Gasteiger partial charge in [-0.1, -0.05) is 36.4 Å². The lowest BCUT2D eigenvalue weighted by atomic mass is 10.1. The number of nitrogens with zero attached hydrogens (tertiary/aromatic N) is 3. The number of nitrogens with two attached hydrogens (primary N) is 1. The van der Waals surface area contributed by atoms with Crippen molar-refractivity contribution in [2.24, 2.45) is 0 Å². The standard InChI is InChI=1S/C16H16N4/c1-12-18-19-16(11-13-7-5-6-10-15(13)17)20(12)14-8-3-2-4-9-14/h2-10H,11,17H2,1H3. The molecule has 3 aromatic rings. The summed E-state index contributed by atoms with van der Waals surface area (Å²) in [7, 11) is 0. The Balaban J connectivity index is 2.02. The van der Waals surface area contributed by atoms with Crippen LogP contribution >= 0.6 is 0 Å². The van der Waals surface area contributed by atoms with Gasteiger partial charge in [-0.25, -0.2) is 0 Å². The van der Waals surface area contributed by atoms with Crippen molar-refractivity contribution < 1.29 is 0 Å². The van der Waals surface area contributed by atoms with Gasteiger partial charge >= 0.3 is 0 Å². The molecule has 0 spiro atoms. The molecule has 0 amide bonds. The number of hydrogen-bond acceptors (Lipinski definition) is 3. The first-order valence-corrected chi connectivity index (χ1v) is 6.55. The van der Waals surface area contributed by atoms with Crippen molar-refractivity contribution in [3.05, 3.63) is 71.8 Å². The van der Waals surface area contributed by atoms with E-state index in [-0.39, 0.29) is 0 Å². The maximum absolute atomic E-state index is 6.01. The zero-order valence-electron chi connectivity index (χ0n) is 11.3. The summed E-state index contributed by atoms with van der Waals surface area (Å²) in [4.78, 5) is 0. The molecule has 4 nitrogen and oxygen atoms in total. The summed E-state index contributed by atoms with van der Waals surface area (Å²) in [6.45, 7) is 1.96. The van der Waals surface area contributed by atoms with Crippen LogP contribution in [0.2, 0.25) is 0 Å². The summed E-state index contributed by atoms with van der Waals surface area (Å²) in [5.74, 6) is 1.77. The fourth-order valence-corrected chi connectivity index (χ4v) is 2.30. The largest absolute Gasteiger partial charge is 0.398 e. The monoisotopic (exact) mass is 264 g/mol. The van der Waals surface area contributed by atoms with Crippen LogP contribution in [0, 0.1) is 6.92 Å². The van der Waals surface area contributed by atoms with E-state index in [1.165, 1.54) is 0 Å². The smallest absolute Gasteiger partial charge is 0.142 e. The van der Waals surface area contributed by atoms with E-state index >= 15 is 0 Å². The van der Waals surface area contributed by atoms with Crippen LogP contribution in [0.4, 0.5) is 5.69 Å². The first kappa shape index (κ1) is 12.4. The molecule has 0 bridgehead atoms. The first-order valence-electron chi connectivity index (χ1n) is 6.55. The van der Waals surface area contributed by atoms with Gasteiger partial charge in [-0.3, -0.25) is 4.57 Å². The molecular weight excluding hydrogens is 248 g/mol. The van der Waals surface area contributed by atoms with Crippen LogP contribution in [0.15, 0.2) is 54.6 Å². The van der Waals surface area contributed by atoms with Gasteiger partial charge in [-0.2, -0.15) is 0 Å². The average Bonchev–Trinajstić information content (AvgIpc) is 2.83. The maximum atomic E-state index is 6.01. The number of para-hydroxylation sites is 2. The van der Waals surface area contributed by atoms with Crippen molar-refractivity contribution in [3.63, 3.8) is 0 Å². The Labute approximate surface area is 117 Å². The Hall–Kier alpha value is -2.62. The van der Waals surface area contributed by atoms with E-state index in [0.29, 0.717) is 6.42 Å². The number of rotatable bonds is 3. The molecule has 0 saturated heterocycles. The topological polar surface area (TPSA) is 56.7 Å². The van der Waals surface area contributed by atoms with E-state index in [1.54, 1.807) is 0 Å². The van der Waals surface area contributed by atoms with Gasteiger partial charge in [-0.15, -0.1) is 10.2 Å². The van der Waals surface area contributed by atoms with Gasteiger partial charge in [0.15, 0.2) is 0 Å². The average molecular weight is 264 g/mol. The molecule has 4 heteroatoms. The summed E-state index contributed by atoms with van der Waals surface area (Å²) < 4.78 is 2.06. The summed E-state index contributed by atoms with van der Waals surface area (Å²) >= 11 is 0. The molecule has 2 N–H and O–H groups in total. The third-order valence-electron chi connectivity index (χ3n) is 3.31. The lowest BCUT2D eigenvalue weighted by Crippen LogP contribution is -2.05. The Morgan fingerprint density at radius 3 is 2.40 bits per heavy atom. The molecular formula is C16H16N4. The van der Waals surface area contributed by atoms with Crippen LogP contribution in [-0.4, -0.2) is 14.8 Å². The summed E-state index contributed by atoms with van der Waals surface area (Å²) in [5, 5.41) is 8.48. The fraction of sp³-hybridized carbons (Fsp3) is 0.125. The zero-order chi connectivity index (χ0) is 13.9. The van der Waals surface area contributed by atoms with E-state index < -0.39 is 0 Å². The number of hydrogen-bond donors (Lipinski definition) is 1. The van der Waals surface area contributed by atoms with Crippen molar-refractivity contribution >= 4 is 5.69 Å². The second kappa shape index (κ2) is 5.17. The molecule has 0 saturated carbocycles. The van der Waals surface area contributed by atoms with Crippen molar-refractivity contribution in [1.82, 2.24) is 14.8 Å². The second-order valence-electron chi connectivity index (χ2n) is 4.71. The minimum Gasteiger partial charge on any atom is -0.398 e. The van der Waals surface area contributed by atoms with Crippen LogP contribution in [0.3, 0.4) is 0 Å². The van der Waals surface area contributed by atoms with Gasteiger partial charge in [-0.05, 0) is 30.7 Å². The third kappa shape index (κ3) is 2.28. The highest BCUT2D eigenvalue weighted by Crippen LogP contribution is 2.18. The molecule has 0 unspecified atom stereocenters. The zero-order valence-corrected chi connectivity index (χ0v) is 11.3. The first-order chi connectivity index (χ1) is 9.75. The SMILES string of the molecule is Cc1nnc(Cc2ccccc2N)n1-c1ccccc1. The molecule has 1 heterocycles. The second-order valence-corrected chi connectivity index (χ2v) is 4.71. The molecule has 0 atom stereocenters. The van der Waals surface area contributed by atoms with Crippen molar-refractivity contribution in [2.45, 2.75) is 13.3 Å². The Morgan fingerprint density at radius 2 is 1.65 bits per heavy atom. The van der Waals surface area contributed by atoms with Crippen LogP contribution in [-0.2, 0) is 6.42 Å². The van der Waals surface area contributed by atoms with Gasteiger partial charge in [0.1, 0.15) is 11.6 Å². The van der Waals surface area contributed by atoms with E-state index in [1.807, 2.05) is 61.5 Å². The predicted octanol–water partition coefficient (Wildman–Crippen LogP) is 2.75. The minimum absolute atomic E-state index is 0.669. The van der Waals surface area contributed by atoms with Crippen LogP contribution < -0.4 is 5.73 Å². The van der Waals surface area contributed by atoms with E-state index in [9.17, 15) is 0 Å². The predicted molar refractivity (Wildman–Crippen MR) is 79.8 cm³/mol.